The molecule has 2 heterocycles. The second-order valence-corrected chi connectivity index (χ2v) is 7.98. The minimum absolute atomic E-state index is 0. The maximum atomic E-state index is 11.4. The Bertz CT molecular complexity index is 521. The van der Waals surface area contributed by atoms with Crippen molar-refractivity contribution in [2.45, 2.75) is 24.4 Å². The van der Waals surface area contributed by atoms with Crippen molar-refractivity contribution in [1.82, 2.24) is 15.1 Å². The minimum Gasteiger partial charge on any atom is -0.389 e. The van der Waals surface area contributed by atoms with Gasteiger partial charge in [-0.3, -0.25) is 0 Å². The molecule has 0 bridgehead atoms. The van der Waals surface area contributed by atoms with E-state index >= 15 is 0 Å². The summed E-state index contributed by atoms with van der Waals surface area (Å²) in [7, 11) is 2.14. The molecular formula is C18H30BrCl2N3O. The lowest BCUT2D eigenvalue weighted by Gasteiger charge is -2.44. The first-order valence-electron chi connectivity index (χ1n) is 8.66. The van der Waals surface area contributed by atoms with Gasteiger partial charge in [-0.15, -0.1) is 24.8 Å². The van der Waals surface area contributed by atoms with Crippen molar-refractivity contribution in [3.05, 3.63) is 34.3 Å². The standard InChI is InChI=1S/C18H28BrN3O.2ClH/c1-21-9-5-18(23,6-10-21)17(14-22-11-7-20-8-12-22)15-3-2-4-16(19)13-15;;/h2-4,13,17,20,23H,5-12,14H2,1H3;2*1H. The van der Waals surface area contributed by atoms with Gasteiger partial charge in [0.15, 0.2) is 0 Å². The molecule has 7 heteroatoms. The molecular weight excluding hydrogens is 425 g/mol. The van der Waals surface area contributed by atoms with Gasteiger partial charge >= 0.3 is 0 Å². The number of nitrogens with zero attached hydrogens (tertiary/aromatic N) is 2. The van der Waals surface area contributed by atoms with Crippen LogP contribution in [-0.4, -0.2) is 73.4 Å². The lowest BCUT2D eigenvalue weighted by Crippen LogP contribution is -2.52. The normalized spacial score (nSPS) is 22.5. The third-order valence-corrected chi connectivity index (χ3v) is 5.90. The molecule has 0 saturated carbocycles. The van der Waals surface area contributed by atoms with Crippen molar-refractivity contribution in [3.8, 4) is 0 Å². The van der Waals surface area contributed by atoms with Gasteiger partial charge in [-0.2, -0.15) is 0 Å². The molecule has 1 atom stereocenters. The average Bonchev–Trinajstić information content (AvgIpc) is 2.56. The van der Waals surface area contributed by atoms with Crippen LogP contribution < -0.4 is 5.32 Å². The number of nitrogens with one attached hydrogen (secondary N) is 1. The minimum atomic E-state index is -0.599. The van der Waals surface area contributed by atoms with E-state index in [1.807, 2.05) is 0 Å². The van der Waals surface area contributed by atoms with Gasteiger partial charge in [-0.05, 0) is 37.6 Å². The zero-order valence-corrected chi connectivity index (χ0v) is 18.0. The Morgan fingerprint density at radius 1 is 1.16 bits per heavy atom. The van der Waals surface area contributed by atoms with Gasteiger partial charge in [-0.25, -0.2) is 0 Å². The van der Waals surface area contributed by atoms with Gasteiger partial charge in [0, 0.05) is 56.2 Å². The molecule has 2 N–H and O–H groups in total. The second kappa shape index (κ2) is 10.5. The van der Waals surface area contributed by atoms with E-state index < -0.39 is 5.60 Å². The molecule has 25 heavy (non-hydrogen) atoms. The Morgan fingerprint density at radius 3 is 2.40 bits per heavy atom. The second-order valence-electron chi connectivity index (χ2n) is 7.07. The molecule has 0 aliphatic carbocycles. The highest BCUT2D eigenvalue weighted by molar-refractivity contribution is 9.10. The van der Waals surface area contributed by atoms with Crippen LogP contribution in [0.2, 0.25) is 0 Å². The summed E-state index contributed by atoms with van der Waals surface area (Å²) in [6.07, 6.45) is 1.71. The van der Waals surface area contributed by atoms with Crippen LogP contribution in [0.3, 0.4) is 0 Å². The van der Waals surface area contributed by atoms with E-state index in [-0.39, 0.29) is 30.7 Å². The zero-order chi connectivity index (χ0) is 16.3. The van der Waals surface area contributed by atoms with Crippen molar-refractivity contribution >= 4 is 40.7 Å². The van der Waals surface area contributed by atoms with Crippen LogP contribution in [0.4, 0.5) is 0 Å². The van der Waals surface area contributed by atoms with Gasteiger partial charge in [0.25, 0.3) is 0 Å². The summed E-state index contributed by atoms with van der Waals surface area (Å²) in [4.78, 5) is 4.82. The molecule has 0 amide bonds. The van der Waals surface area contributed by atoms with Crippen molar-refractivity contribution in [3.63, 3.8) is 0 Å². The smallest absolute Gasteiger partial charge is 0.0752 e. The van der Waals surface area contributed by atoms with E-state index in [0.717, 1.165) is 63.1 Å². The Hall–Kier alpha value is 0.120. The maximum Gasteiger partial charge on any atom is 0.0752 e. The predicted molar refractivity (Wildman–Crippen MR) is 112 cm³/mol. The van der Waals surface area contributed by atoms with Crippen molar-refractivity contribution < 1.29 is 5.11 Å². The van der Waals surface area contributed by atoms with Crippen LogP contribution in [0.25, 0.3) is 0 Å². The molecule has 0 aromatic heterocycles. The fraction of sp³-hybridized carbons (Fsp3) is 0.667. The number of halogens is 3. The van der Waals surface area contributed by atoms with Crippen LogP contribution in [0, 0.1) is 0 Å². The Labute approximate surface area is 172 Å². The fourth-order valence-corrected chi connectivity index (χ4v) is 4.23. The SMILES string of the molecule is CN1CCC(O)(C(CN2CCNCC2)c2cccc(Br)c2)CC1.Cl.Cl. The van der Waals surface area contributed by atoms with Crippen LogP contribution in [0.1, 0.15) is 24.3 Å². The fourth-order valence-electron chi connectivity index (χ4n) is 3.82. The molecule has 2 saturated heterocycles. The number of piperazine rings is 1. The topological polar surface area (TPSA) is 38.7 Å². The van der Waals surface area contributed by atoms with Gasteiger partial charge in [0.2, 0.25) is 0 Å². The Balaban J connectivity index is 0.00000156. The molecule has 2 fully saturated rings. The zero-order valence-electron chi connectivity index (χ0n) is 14.8. The van der Waals surface area contributed by atoms with Gasteiger partial charge < -0.3 is 20.2 Å². The maximum absolute atomic E-state index is 11.4. The molecule has 0 radical (unpaired) electrons. The van der Waals surface area contributed by atoms with E-state index in [4.69, 9.17) is 0 Å². The van der Waals surface area contributed by atoms with Gasteiger partial charge in [0.05, 0.1) is 5.60 Å². The predicted octanol–water partition coefficient (Wildman–Crippen LogP) is 2.74. The highest BCUT2D eigenvalue weighted by atomic mass is 79.9. The number of benzene rings is 1. The number of piperidine rings is 1. The van der Waals surface area contributed by atoms with Crippen LogP contribution in [0.15, 0.2) is 28.7 Å². The summed E-state index contributed by atoms with van der Waals surface area (Å²) in [5.74, 6) is 0.173. The number of likely N-dealkylation sites (tertiary alicyclic amines) is 1. The number of rotatable bonds is 4. The number of hydrogen-bond acceptors (Lipinski definition) is 4. The molecule has 1 aromatic carbocycles. The highest BCUT2D eigenvalue weighted by Gasteiger charge is 2.40. The van der Waals surface area contributed by atoms with Crippen molar-refractivity contribution in [2.75, 3.05) is 52.9 Å². The highest BCUT2D eigenvalue weighted by Crippen LogP contribution is 2.38. The van der Waals surface area contributed by atoms with E-state index in [1.54, 1.807) is 0 Å². The van der Waals surface area contributed by atoms with Crippen LogP contribution in [0.5, 0.6) is 0 Å². The van der Waals surface area contributed by atoms with Crippen LogP contribution in [-0.2, 0) is 0 Å². The van der Waals surface area contributed by atoms with E-state index in [2.05, 4.69) is 62.4 Å². The Kier molecular flexibility index (Phi) is 9.68. The first kappa shape index (κ1) is 23.2. The van der Waals surface area contributed by atoms with Crippen molar-refractivity contribution in [2.24, 2.45) is 0 Å². The average molecular weight is 455 g/mol. The quantitative estimate of drug-likeness (QED) is 0.733. The third kappa shape index (κ3) is 6.06. The number of hydrogen-bond donors (Lipinski definition) is 2. The summed E-state index contributed by atoms with van der Waals surface area (Å²) in [6.45, 7) is 7.13. The summed E-state index contributed by atoms with van der Waals surface area (Å²) >= 11 is 3.59. The summed E-state index contributed by atoms with van der Waals surface area (Å²) in [6, 6.07) is 8.50. The molecule has 2 aliphatic heterocycles. The van der Waals surface area contributed by atoms with Crippen LogP contribution >= 0.6 is 40.7 Å². The molecule has 1 aromatic rings. The van der Waals surface area contributed by atoms with Gasteiger partial charge in [-0.1, -0.05) is 28.1 Å². The molecule has 0 spiro atoms. The van der Waals surface area contributed by atoms with Gasteiger partial charge in [0.1, 0.15) is 0 Å². The molecule has 3 rings (SSSR count). The first-order chi connectivity index (χ1) is 11.1. The van der Waals surface area contributed by atoms with E-state index in [1.165, 1.54) is 5.56 Å². The lowest BCUT2D eigenvalue weighted by atomic mass is 9.75. The summed E-state index contributed by atoms with van der Waals surface area (Å²) in [5, 5.41) is 14.9. The Morgan fingerprint density at radius 2 is 1.80 bits per heavy atom. The molecule has 4 nitrogen and oxygen atoms in total. The monoisotopic (exact) mass is 453 g/mol. The summed E-state index contributed by atoms with van der Waals surface area (Å²) < 4.78 is 1.09. The summed E-state index contributed by atoms with van der Waals surface area (Å²) in [5.41, 5.74) is 0.656. The van der Waals surface area contributed by atoms with E-state index in [0.29, 0.717) is 0 Å². The molecule has 1 unspecified atom stereocenters. The largest absolute Gasteiger partial charge is 0.389 e. The molecule has 2 aliphatic rings. The van der Waals surface area contributed by atoms with Crippen molar-refractivity contribution in [1.29, 1.82) is 0 Å². The van der Waals surface area contributed by atoms with E-state index in [9.17, 15) is 5.11 Å². The molecule has 144 valence electrons. The lowest BCUT2D eigenvalue weighted by molar-refractivity contribution is -0.0466. The number of aliphatic hydroxyl groups is 1. The first-order valence-corrected chi connectivity index (χ1v) is 9.46. The third-order valence-electron chi connectivity index (χ3n) is 5.40.